The molecule has 0 aliphatic heterocycles. The Labute approximate surface area is 90.0 Å². The highest BCUT2D eigenvalue weighted by atomic mass is 32.1. The van der Waals surface area contributed by atoms with Crippen molar-refractivity contribution in [3.05, 3.63) is 34.0 Å². The molecule has 0 nitrogen and oxygen atoms in total. The Morgan fingerprint density at radius 2 is 1.64 bits per heavy atom. The molecule has 14 heavy (non-hydrogen) atoms. The molecule has 72 valence electrons. The predicted molar refractivity (Wildman–Crippen MR) is 60.1 cm³/mol. The first-order chi connectivity index (χ1) is 6.77. The number of hydrogen-bond acceptors (Lipinski definition) is 2. The van der Waals surface area contributed by atoms with Gasteiger partial charge in [-0.1, -0.05) is 0 Å². The number of thiophene rings is 2. The van der Waals surface area contributed by atoms with E-state index >= 15 is 0 Å². The third-order valence-corrected chi connectivity index (χ3v) is 4.99. The molecule has 0 amide bonds. The van der Waals surface area contributed by atoms with Gasteiger partial charge in [0.25, 0.3) is 0 Å². The normalized spacial score (nSPS) is 16.7. The SMILES string of the molecule is CC1(CF)c2ccsc2-c2sccc21. The molecule has 2 aromatic heterocycles. The van der Waals surface area contributed by atoms with Crippen molar-refractivity contribution in [3.63, 3.8) is 0 Å². The van der Waals surface area contributed by atoms with E-state index in [-0.39, 0.29) is 12.1 Å². The van der Waals surface area contributed by atoms with Crippen LogP contribution in [0.5, 0.6) is 0 Å². The number of fused-ring (bicyclic) bond motifs is 3. The second-order valence-electron chi connectivity index (χ2n) is 3.79. The van der Waals surface area contributed by atoms with Crippen molar-refractivity contribution in [1.29, 1.82) is 0 Å². The third-order valence-electron chi connectivity index (χ3n) is 2.99. The van der Waals surface area contributed by atoms with E-state index in [9.17, 15) is 4.39 Å². The Balaban J connectivity index is 2.38. The summed E-state index contributed by atoms with van der Waals surface area (Å²) in [5.41, 5.74) is 1.96. The van der Waals surface area contributed by atoms with Crippen LogP contribution >= 0.6 is 22.7 Å². The largest absolute Gasteiger partial charge is 0.250 e. The zero-order valence-electron chi connectivity index (χ0n) is 7.71. The van der Waals surface area contributed by atoms with E-state index in [1.807, 2.05) is 6.92 Å². The monoisotopic (exact) mass is 224 g/mol. The van der Waals surface area contributed by atoms with E-state index in [0.717, 1.165) is 0 Å². The molecular formula is C11H9FS2. The molecule has 0 spiro atoms. The van der Waals surface area contributed by atoms with Crippen molar-refractivity contribution in [2.75, 3.05) is 6.67 Å². The Kier molecular flexibility index (Phi) is 1.65. The second-order valence-corrected chi connectivity index (χ2v) is 5.62. The van der Waals surface area contributed by atoms with Crippen molar-refractivity contribution in [2.24, 2.45) is 0 Å². The molecule has 1 aliphatic rings. The average Bonchev–Trinajstić information content (AvgIpc) is 2.85. The standard InChI is InChI=1S/C11H9FS2/c1-11(6-12)7-2-4-13-9(7)10-8(11)3-5-14-10/h2-5H,6H2,1H3. The fraction of sp³-hybridized carbons (Fsp3) is 0.273. The van der Waals surface area contributed by atoms with Gasteiger partial charge in [0.1, 0.15) is 6.67 Å². The van der Waals surface area contributed by atoms with Crippen molar-refractivity contribution in [3.8, 4) is 9.75 Å². The summed E-state index contributed by atoms with van der Waals surface area (Å²) in [6, 6.07) is 4.12. The highest BCUT2D eigenvalue weighted by Crippen LogP contribution is 2.53. The molecule has 3 heteroatoms. The van der Waals surface area contributed by atoms with E-state index in [4.69, 9.17) is 0 Å². The van der Waals surface area contributed by atoms with Crippen LogP contribution in [0.4, 0.5) is 4.39 Å². The molecule has 0 aromatic carbocycles. The molecule has 0 radical (unpaired) electrons. The van der Waals surface area contributed by atoms with Crippen LogP contribution < -0.4 is 0 Å². The maximum atomic E-state index is 13.2. The Hall–Kier alpha value is -0.670. The summed E-state index contributed by atoms with van der Waals surface area (Å²) < 4.78 is 13.2. The molecule has 3 rings (SSSR count). The minimum Gasteiger partial charge on any atom is -0.250 e. The minimum absolute atomic E-state index is 0.305. The van der Waals surface area contributed by atoms with Gasteiger partial charge in [0, 0.05) is 15.2 Å². The van der Waals surface area contributed by atoms with Crippen LogP contribution in [0.25, 0.3) is 9.75 Å². The van der Waals surface area contributed by atoms with Gasteiger partial charge >= 0.3 is 0 Å². The lowest BCUT2D eigenvalue weighted by Gasteiger charge is -2.20. The van der Waals surface area contributed by atoms with Crippen molar-refractivity contribution in [1.82, 2.24) is 0 Å². The first kappa shape index (κ1) is 8.62. The van der Waals surface area contributed by atoms with Crippen molar-refractivity contribution < 1.29 is 4.39 Å². The van der Waals surface area contributed by atoms with E-state index in [1.54, 1.807) is 22.7 Å². The molecule has 0 fully saturated rings. The highest BCUT2D eigenvalue weighted by Gasteiger charge is 2.41. The summed E-state index contributed by atoms with van der Waals surface area (Å²) in [6.45, 7) is 1.69. The zero-order chi connectivity index (χ0) is 9.76. The first-order valence-electron chi connectivity index (χ1n) is 4.49. The van der Waals surface area contributed by atoms with Crippen molar-refractivity contribution in [2.45, 2.75) is 12.3 Å². The fourth-order valence-corrected chi connectivity index (χ4v) is 4.37. The van der Waals surface area contributed by atoms with Gasteiger partial charge in [-0.05, 0) is 40.9 Å². The summed E-state index contributed by atoms with van der Waals surface area (Å²) in [4.78, 5) is 2.55. The Morgan fingerprint density at radius 3 is 2.07 bits per heavy atom. The van der Waals surface area contributed by atoms with E-state index in [1.165, 1.54) is 20.9 Å². The van der Waals surface area contributed by atoms with Crippen LogP contribution in [-0.2, 0) is 5.41 Å². The molecule has 0 saturated heterocycles. The molecular weight excluding hydrogens is 215 g/mol. The maximum Gasteiger partial charge on any atom is 0.103 e. The molecule has 0 atom stereocenters. The number of rotatable bonds is 1. The van der Waals surface area contributed by atoms with Crippen LogP contribution in [0.3, 0.4) is 0 Å². The zero-order valence-corrected chi connectivity index (χ0v) is 9.34. The molecule has 0 saturated carbocycles. The van der Waals surface area contributed by atoms with Crippen LogP contribution in [0, 0.1) is 0 Å². The van der Waals surface area contributed by atoms with Gasteiger partial charge in [-0.3, -0.25) is 0 Å². The lowest BCUT2D eigenvalue weighted by atomic mass is 9.83. The summed E-state index contributed by atoms with van der Waals surface area (Å²) in [6.07, 6.45) is 0. The Bertz CT molecular complexity index is 441. The fourth-order valence-electron chi connectivity index (χ4n) is 2.13. The van der Waals surface area contributed by atoms with Crippen LogP contribution in [-0.4, -0.2) is 6.67 Å². The quantitative estimate of drug-likeness (QED) is 0.685. The minimum atomic E-state index is -0.384. The first-order valence-corrected chi connectivity index (χ1v) is 6.25. The molecule has 0 N–H and O–H groups in total. The summed E-state index contributed by atoms with van der Waals surface area (Å²) in [5.74, 6) is 0. The topological polar surface area (TPSA) is 0 Å². The average molecular weight is 224 g/mol. The lowest BCUT2D eigenvalue weighted by Crippen LogP contribution is -2.22. The number of halogens is 1. The molecule has 0 unspecified atom stereocenters. The van der Waals surface area contributed by atoms with Crippen LogP contribution in [0.1, 0.15) is 18.1 Å². The maximum absolute atomic E-state index is 13.2. The second kappa shape index (κ2) is 2.67. The van der Waals surface area contributed by atoms with Gasteiger partial charge in [0.2, 0.25) is 0 Å². The van der Waals surface area contributed by atoms with Gasteiger partial charge in [-0.2, -0.15) is 0 Å². The predicted octanol–water partition coefficient (Wildman–Crippen LogP) is 4.07. The molecule has 1 aliphatic carbocycles. The van der Waals surface area contributed by atoms with Gasteiger partial charge in [0.05, 0.1) is 0 Å². The third kappa shape index (κ3) is 0.823. The van der Waals surface area contributed by atoms with Gasteiger partial charge in [-0.15, -0.1) is 22.7 Å². The van der Waals surface area contributed by atoms with E-state index in [0.29, 0.717) is 0 Å². The van der Waals surface area contributed by atoms with E-state index < -0.39 is 0 Å². The summed E-state index contributed by atoms with van der Waals surface area (Å²) in [7, 11) is 0. The van der Waals surface area contributed by atoms with Crippen LogP contribution in [0.15, 0.2) is 22.9 Å². The molecule has 2 aromatic rings. The van der Waals surface area contributed by atoms with Crippen LogP contribution in [0.2, 0.25) is 0 Å². The Morgan fingerprint density at radius 1 is 1.14 bits per heavy atom. The number of hydrogen-bond donors (Lipinski definition) is 0. The molecule has 0 bridgehead atoms. The lowest BCUT2D eigenvalue weighted by molar-refractivity contribution is 0.379. The van der Waals surface area contributed by atoms with Gasteiger partial charge in [-0.25, -0.2) is 4.39 Å². The van der Waals surface area contributed by atoms with Crippen molar-refractivity contribution >= 4 is 22.7 Å². The van der Waals surface area contributed by atoms with E-state index in [2.05, 4.69) is 22.9 Å². The van der Waals surface area contributed by atoms with Gasteiger partial charge < -0.3 is 0 Å². The highest BCUT2D eigenvalue weighted by molar-refractivity contribution is 7.21. The number of alkyl halides is 1. The smallest absolute Gasteiger partial charge is 0.103 e. The summed E-state index contributed by atoms with van der Waals surface area (Å²) >= 11 is 3.44. The summed E-state index contributed by atoms with van der Waals surface area (Å²) in [5, 5.41) is 4.11. The van der Waals surface area contributed by atoms with Gasteiger partial charge in [0.15, 0.2) is 0 Å². The molecule has 2 heterocycles.